The molecular weight excluding hydrogens is 378 g/mol. The van der Waals surface area contributed by atoms with Crippen molar-refractivity contribution in [3.05, 3.63) is 47.6 Å². The molecular formula is C20H21N3O2S2. The average molecular weight is 400 g/mol. The molecule has 3 rings (SSSR count). The van der Waals surface area contributed by atoms with Crippen LogP contribution in [0.3, 0.4) is 0 Å². The maximum atomic E-state index is 12.8. The monoisotopic (exact) mass is 399 g/mol. The predicted octanol–water partition coefficient (Wildman–Crippen LogP) is 5.04. The van der Waals surface area contributed by atoms with Crippen molar-refractivity contribution in [2.75, 3.05) is 5.32 Å². The van der Waals surface area contributed by atoms with E-state index in [4.69, 9.17) is 0 Å². The molecule has 140 valence electrons. The molecule has 0 saturated carbocycles. The number of hydrogen-bond acceptors (Lipinski definition) is 6. The zero-order valence-corrected chi connectivity index (χ0v) is 17.3. The highest BCUT2D eigenvalue weighted by molar-refractivity contribution is 8.00. The quantitative estimate of drug-likeness (QED) is 0.370. The van der Waals surface area contributed by atoms with Crippen LogP contribution in [0.1, 0.15) is 38.1 Å². The number of aromatic nitrogens is 2. The van der Waals surface area contributed by atoms with Gasteiger partial charge in [-0.2, -0.15) is 0 Å². The van der Waals surface area contributed by atoms with Crippen molar-refractivity contribution in [3.63, 3.8) is 0 Å². The van der Waals surface area contributed by atoms with E-state index >= 15 is 0 Å². The summed E-state index contributed by atoms with van der Waals surface area (Å²) in [7, 11) is 0. The van der Waals surface area contributed by atoms with Crippen molar-refractivity contribution in [3.8, 4) is 0 Å². The first-order valence-electron chi connectivity index (χ1n) is 8.56. The smallest absolute Gasteiger partial charge is 0.229 e. The van der Waals surface area contributed by atoms with Crippen LogP contribution in [0.4, 0.5) is 5.69 Å². The highest BCUT2D eigenvalue weighted by atomic mass is 32.2. The van der Waals surface area contributed by atoms with Gasteiger partial charge in [0.25, 0.3) is 0 Å². The van der Waals surface area contributed by atoms with Gasteiger partial charge in [-0.25, -0.2) is 9.97 Å². The third-order valence-electron chi connectivity index (χ3n) is 3.99. The van der Waals surface area contributed by atoms with Gasteiger partial charge in [0, 0.05) is 22.1 Å². The van der Waals surface area contributed by atoms with Crippen molar-refractivity contribution < 1.29 is 9.59 Å². The first kappa shape index (κ1) is 19.5. The van der Waals surface area contributed by atoms with Crippen LogP contribution in [-0.4, -0.2) is 26.9 Å². The van der Waals surface area contributed by atoms with Crippen molar-refractivity contribution in [1.29, 1.82) is 0 Å². The Kier molecular flexibility index (Phi) is 5.62. The van der Waals surface area contributed by atoms with Crippen LogP contribution in [0.15, 0.2) is 47.1 Å². The van der Waals surface area contributed by atoms with Crippen molar-refractivity contribution in [1.82, 2.24) is 9.97 Å². The number of nitrogens with zero attached hydrogens (tertiary/aromatic N) is 2. The fraction of sp³-hybridized carbons (Fsp3) is 0.300. The Bertz CT molecular complexity index is 975. The second-order valence-corrected chi connectivity index (χ2v) is 9.45. The summed E-state index contributed by atoms with van der Waals surface area (Å²) in [6.07, 6.45) is 1.53. The lowest BCUT2D eigenvalue weighted by atomic mass is 9.95. The highest BCUT2D eigenvalue weighted by Gasteiger charge is 2.22. The summed E-state index contributed by atoms with van der Waals surface area (Å²) in [6.45, 7) is 7.45. The largest absolute Gasteiger partial charge is 0.326 e. The molecule has 27 heavy (non-hydrogen) atoms. The number of thiophene rings is 1. The SMILES string of the molecule is C[C@H](Sc1ncnc2sccc12)C(=O)c1ccc(NC(=O)C(C)(C)C)cc1. The number of carbonyl (C=O) groups excluding carboxylic acids is 2. The van der Waals surface area contributed by atoms with E-state index in [0.717, 1.165) is 15.2 Å². The minimum absolute atomic E-state index is 0.0238. The minimum Gasteiger partial charge on any atom is -0.326 e. The van der Waals surface area contributed by atoms with Crippen LogP contribution >= 0.6 is 23.1 Å². The van der Waals surface area contributed by atoms with E-state index in [9.17, 15) is 9.59 Å². The lowest BCUT2D eigenvalue weighted by Gasteiger charge is -2.17. The van der Waals surface area contributed by atoms with Gasteiger partial charge in [0.2, 0.25) is 5.91 Å². The third kappa shape index (κ3) is 4.54. The van der Waals surface area contributed by atoms with Gasteiger partial charge in [-0.15, -0.1) is 11.3 Å². The Morgan fingerprint density at radius 2 is 1.81 bits per heavy atom. The van der Waals surface area contributed by atoms with Gasteiger partial charge < -0.3 is 5.32 Å². The summed E-state index contributed by atoms with van der Waals surface area (Å²) in [5.74, 6) is -0.0373. The van der Waals surface area contributed by atoms with Crippen LogP contribution in [0.25, 0.3) is 10.2 Å². The first-order valence-corrected chi connectivity index (χ1v) is 10.3. The van der Waals surface area contributed by atoms with E-state index in [-0.39, 0.29) is 16.9 Å². The molecule has 0 bridgehead atoms. The molecule has 1 atom stereocenters. The standard InChI is InChI=1S/C20H21N3O2S2/c1-12(27-18-15-9-10-26-17(15)21-11-22-18)16(24)13-5-7-14(8-6-13)23-19(25)20(2,3)4/h5-12H,1-4H3,(H,23,25)/t12-/m0/s1. The van der Waals surface area contributed by atoms with Gasteiger partial charge in [0.15, 0.2) is 5.78 Å². The van der Waals surface area contributed by atoms with Crippen molar-refractivity contribution in [2.24, 2.45) is 5.41 Å². The topological polar surface area (TPSA) is 72.0 Å². The third-order valence-corrected chi connectivity index (χ3v) is 5.93. The minimum atomic E-state index is -0.468. The van der Waals surface area contributed by atoms with E-state index in [1.54, 1.807) is 35.6 Å². The molecule has 0 aliphatic heterocycles. The van der Waals surface area contributed by atoms with Gasteiger partial charge in [0.1, 0.15) is 16.2 Å². The Morgan fingerprint density at radius 3 is 2.48 bits per heavy atom. The van der Waals surface area contributed by atoms with E-state index < -0.39 is 5.41 Å². The number of hydrogen-bond donors (Lipinski definition) is 1. The van der Waals surface area contributed by atoms with Gasteiger partial charge in [-0.1, -0.05) is 32.5 Å². The van der Waals surface area contributed by atoms with Crippen LogP contribution in [0.2, 0.25) is 0 Å². The van der Waals surface area contributed by atoms with Gasteiger partial charge >= 0.3 is 0 Å². The first-order chi connectivity index (χ1) is 12.8. The Labute approximate surface area is 166 Å². The molecule has 3 aromatic rings. The lowest BCUT2D eigenvalue weighted by Crippen LogP contribution is -2.27. The number of amides is 1. The van der Waals surface area contributed by atoms with Crippen LogP contribution in [-0.2, 0) is 4.79 Å². The number of thioether (sulfide) groups is 1. The van der Waals surface area contributed by atoms with E-state index in [0.29, 0.717) is 11.3 Å². The predicted molar refractivity (Wildman–Crippen MR) is 112 cm³/mol. The number of carbonyl (C=O) groups is 2. The molecule has 0 radical (unpaired) electrons. The molecule has 0 saturated heterocycles. The van der Waals surface area contributed by atoms with E-state index in [2.05, 4.69) is 15.3 Å². The number of ketones is 1. The Hall–Kier alpha value is -2.25. The molecule has 7 heteroatoms. The molecule has 0 unspecified atom stereocenters. The maximum absolute atomic E-state index is 12.8. The van der Waals surface area contributed by atoms with Crippen LogP contribution in [0.5, 0.6) is 0 Å². The second-order valence-electron chi connectivity index (χ2n) is 7.22. The average Bonchev–Trinajstić information content (AvgIpc) is 3.10. The zero-order valence-electron chi connectivity index (χ0n) is 15.6. The molecule has 1 aromatic carbocycles. The number of Topliss-reactive ketones (excluding diaryl/α,β-unsaturated/α-hetero) is 1. The normalized spacial score (nSPS) is 12.7. The molecule has 2 heterocycles. The van der Waals surface area contributed by atoms with E-state index in [1.165, 1.54) is 18.1 Å². The zero-order chi connectivity index (χ0) is 19.6. The Morgan fingerprint density at radius 1 is 1.11 bits per heavy atom. The summed E-state index contributed by atoms with van der Waals surface area (Å²) < 4.78 is 0. The van der Waals surface area contributed by atoms with Gasteiger partial charge in [0.05, 0.1) is 5.25 Å². The summed E-state index contributed by atoms with van der Waals surface area (Å²) in [6, 6.07) is 8.99. The molecule has 1 N–H and O–H groups in total. The molecule has 0 aliphatic carbocycles. The van der Waals surface area contributed by atoms with Crippen molar-refractivity contribution in [2.45, 2.75) is 38.0 Å². The Balaban J connectivity index is 1.70. The molecule has 5 nitrogen and oxygen atoms in total. The number of anilines is 1. The van der Waals surface area contributed by atoms with Gasteiger partial charge in [-0.3, -0.25) is 9.59 Å². The number of nitrogens with one attached hydrogen (secondary N) is 1. The number of benzene rings is 1. The van der Waals surface area contributed by atoms with Crippen LogP contribution < -0.4 is 5.32 Å². The second kappa shape index (κ2) is 7.78. The summed E-state index contributed by atoms with van der Waals surface area (Å²) in [4.78, 5) is 34.3. The van der Waals surface area contributed by atoms with Crippen molar-refractivity contribution >= 4 is 50.7 Å². The molecule has 2 aromatic heterocycles. The molecule has 0 spiro atoms. The number of fused-ring (bicyclic) bond motifs is 1. The lowest BCUT2D eigenvalue weighted by molar-refractivity contribution is -0.123. The maximum Gasteiger partial charge on any atom is 0.229 e. The van der Waals surface area contributed by atoms with E-state index in [1.807, 2.05) is 39.1 Å². The fourth-order valence-electron chi connectivity index (χ4n) is 2.35. The summed E-state index contributed by atoms with van der Waals surface area (Å²) in [5.41, 5.74) is 0.825. The van der Waals surface area contributed by atoms with Crippen LogP contribution in [0, 0.1) is 5.41 Å². The summed E-state index contributed by atoms with van der Waals surface area (Å²) >= 11 is 2.99. The summed E-state index contributed by atoms with van der Waals surface area (Å²) in [5, 5.41) is 6.35. The number of rotatable bonds is 5. The molecule has 0 aliphatic rings. The molecule has 1 amide bonds. The molecule has 0 fully saturated rings. The highest BCUT2D eigenvalue weighted by Crippen LogP contribution is 2.31. The fourth-order valence-corrected chi connectivity index (χ4v) is 4.13. The van der Waals surface area contributed by atoms with Gasteiger partial charge in [-0.05, 0) is 42.6 Å².